The zero-order valence-corrected chi connectivity index (χ0v) is 19.3. The van der Waals surface area contributed by atoms with E-state index in [4.69, 9.17) is 20.0 Å². The van der Waals surface area contributed by atoms with Crippen molar-refractivity contribution in [1.29, 1.82) is 0 Å². The van der Waals surface area contributed by atoms with E-state index < -0.39 is 11.2 Å². The number of furan rings is 1. The summed E-state index contributed by atoms with van der Waals surface area (Å²) in [5.41, 5.74) is 7.42. The molecule has 3 aromatic heterocycles. The van der Waals surface area contributed by atoms with Gasteiger partial charge in [-0.15, -0.1) is 11.3 Å². The van der Waals surface area contributed by atoms with E-state index in [-0.39, 0.29) is 17.4 Å². The lowest BCUT2D eigenvalue weighted by molar-refractivity contribution is 0.415. The van der Waals surface area contributed by atoms with Crippen LogP contribution in [0.25, 0.3) is 11.3 Å². The molecule has 0 bridgehead atoms. The van der Waals surface area contributed by atoms with Gasteiger partial charge in [0.2, 0.25) is 5.13 Å². The van der Waals surface area contributed by atoms with Crippen LogP contribution in [0.15, 0.2) is 67.1 Å². The van der Waals surface area contributed by atoms with Gasteiger partial charge in [0, 0.05) is 18.3 Å². The zero-order chi connectivity index (χ0) is 23.8. The molecule has 4 heterocycles. The number of thiazole rings is 1. The summed E-state index contributed by atoms with van der Waals surface area (Å²) in [6.45, 7) is 2.10. The molecular formula is C23H22N6O4S. The molecule has 0 unspecified atom stereocenters. The molecule has 174 valence electrons. The van der Waals surface area contributed by atoms with E-state index in [1.807, 2.05) is 36.4 Å². The SMILES string of the molecule is CCn1c(N)c(-c2csc(N3N=C(c4ccc(OC)cc4)C[C@H]3c3ccco3)n2)c(=O)[nH]c1=O. The third-order valence-corrected chi connectivity index (χ3v) is 6.54. The standard InChI is InChI=1S/C23H22N6O4S/c1-3-28-20(24)19(21(30)26-22(28)31)16-12-34-23(25-16)29-17(18-5-4-10-33-18)11-15(27-29)13-6-8-14(32-2)9-7-13/h4-10,12,17H,3,11,24H2,1-2H3,(H,26,30,31)/t17-/m0/s1. The molecule has 11 heteroatoms. The molecule has 1 aromatic carbocycles. The number of rotatable bonds is 6. The largest absolute Gasteiger partial charge is 0.497 e. The van der Waals surface area contributed by atoms with Crippen LogP contribution in [0.4, 0.5) is 10.9 Å². The Morgan fingerprint density at radius 3 is 2.74 bits per heavy atom. The highest BCUT2D eigenvalue weighted by Crippen LogP contribution is 2.39. The molecule has 1 aliphatic heterocycles. The van der Waals surface area contributed by atoms with Crippen molar-refractivity contribution < 1.29 is 9.15 Å². The van der Waals surface area contributed by atoms with E-state index in [1.54, 1.807) is 30.7 Å². The van der Waals surface area contributed by atoms with Crippen LogP contribution in [-0.2, 0) is 6.54 Å². The molecular weight excluding hydrogens is 456 g/mol. The number of nitrogens with zero attached hydrogens (tertiary/aromatic N) is 4. The highest BCUT2D eigenvalue weighted by molar-refractivity contribution is 7.14. The topological polar surface area (TPSA) is 132 Å². The Kier molecular flexibility index (Phi) is 5.54. The lowest BCUT2D eigenvalue weighted by Gasteiger charge is -2.18. The van der Waals surface area contributed by atoms with Gasteiger partial charge in [-0.05, 0) is 48.9 Å². The molecule has 1 atom stereocenters. The monoisotopic (exact) mass is 478 g/mol. The molecule has 4 aromatic rings. The second-order valence-corrected chi connectivity index (χ2v) is 8.47. The molecule has 0 radical (unpaired) electrons. The lowest BCUT2D eigenvalue weighted by atomic mass is 10.0. The summed E-state index contributed by atoms with van der Waals surface area (Å²) in [5, 5.41) is 8.96. The minimum atomic E-state index is -0.574. The molecule has 0 saturated heterocycles. The Balaban J connectivity index is 1.56. The number of nitrogen functional groups attached to an aromatic ring is 1. The Morgan fingerprint density at radius 2 is 2.06 bits per heavy atom. The average molecular weight is 479 g/mol. The predicted molar refractivity (Wildman–Crippen MR) is 131 cm³/mol. The van der Waals surface area contributed by atoms with Crippen LogP contribution < -0.4 is 26.7 Å². The lowest BCUT2D eigenvalue weighted by Crippen LogP contribution is -2.33. The van der Waals surface area contributed by atoms with Gasteiger partial charge in [-0.1, -0.05) is 0 Å². The summed E-state index contributed by atoms with van der Waals surface area (Å²) in [6.07, 6.45) is 2.23. The quantitative estimate of drug-likeness (QED) is 0.435. The minimum absolute atomic E-state index is 0.0829. The van der Waals surface area contributed by atoms with Gasteiger partial charge >= 0.3 is 5.69 Å². The van der Waals surface area contributed by atoms with Gasteiger partial charge in [0.1, 0.15) is 28.9 Å². The first kappa shape index (κ1) is 21.7. The Bertz CT molecular complexity index is 1470. The predicted octanol–water partition coefficient (Wildman–Crippen LogP) is 3.22. The maximum Gasteiger partial charge on any atom is 0.329 e. The van der Waals surface area contributed by atoms with Crippen LogP contribution in [0.2, 0.25) is 0 Å². The number of ether oxygens (including phenoxy) is 1. The van der Waals surface area contributed by atoms with E-state index in [0.29, 0.717) is 23.8 Å². The van der Waals surface area contributed by atoms with Crippen molar-refractivity contribution in [3.05, 3.63) is 80.2 Å². The fourth-order valence-corrected chi connectivity index (χ4v) is 4.80. The van der Waals surface area contributed by atoms with Crippen molar-refractivity contribution in [2.24, 2.45) is 5.10 Å². The summed E-state index contributed by atoms with van der Waals surface area (Å²) in [4.78, 5) is 31.6. The fraction of sp³-hybridized carbons (Fsp3) is 0.217. The molecule has 0 aliphatic carbocycles. The number of H-pyrrole nitrogens is 1. The number of benzene rings is 1. The third-order valence-electron chi connectivity index (χ3n) is 5.71. The van der Waals surface area contributed by atoms with Gasteiger partial charge < -0.3 is 14.9 Å². The van der Waals surface area contributed by atoms with Gasteiger partial charge in [0.05, 0.1) is 24.8 Å². The number of methoxy groups -OCH3 is 1. The van der Waals surface area contributed by atoms with Crippen molar-refractivity contribution in [2.75, 3.05) is 17.9 Å². The highest BCUT2D eigenvalue weighted by Gasteiger charge is 2.34. The number of nitrogens with two attached hydrogens (primary N) is 1. The smallest absolute Gasteiger partial charge is 0.329 e. The molecule has 3 N–H and O–H groups in total. The number of aromatic nitrogens is 3. The summed E-state index contributed by atoms with van der Waals surface area (Å²) in [7, 11) is 1.63. The number of hydrogen-bond acceptors (Lipinski definition) is 9. The van der Waals surface area contributed by atoms with Crippen molar-refractivity contribution in [3.8, 4) is 17.0 Å². The molecule has 0 saturated carbocycles. The zero-order valence-electron chi connectivity index (χ0n) is 18.5. The molecule has 34 heavy (non-hydrogen) atoms. The van der Waals surface area contributed by atoms with Gasteiger partial charge in [-0.3, -0.25) is 14.3 Å². The van der Waals surface area contributed by atoms with Crippen LogP contribution in [0.1, 0.15) is 30.7 Å². The highest BCUT2D eigenvalue weighted by atomic mass is 32.1. The van der Waals surface area contributed by atoms with Crippen molar-refractivity contribution in [2.45, 2.75) is 25.9 Å². The number of nitrogens with one attached hydrogen (secondary N) is 1. The Morgan fingerprint density at radius 1 is 1.26 bits per heavy atom. The number of anilines is 2. The molecule has 0 amide bonds. The van der Waals surface area contributed by atoms with E-state index in [1.165, 1.54) is 15.9 Å². The first-order valence-corrected chi connectivity index (χ1v) is 11.5. The molecule has 5 rings (SSSR count). The summed E-state index contributed by atoms with van der Waals surface area (Å²) < 4.78 is 12.3. The summed E-state index contributed by atoms with van der Waals surface area (Å²) >= 11 is 1.33. The molecule has 1 aliphatic rings. The van der Waals surface area contributed by atoms with Crippen molar-refractivity contribution in [3.63, 3.8) is 0 Å². The van der Waals surface area contributed by atoms with Crippen molar-refractivity contribution >= 4 is 28.0 Å². The van der Waals surface area contributed by atoms with Gasteiger partial charge in [-0.2, -0.15) is 5.10 Å². The number of hydrogen-bond donors (Lipinski definition) is 2. The fourth-order valence-electron chi connectivity index (χ4n) is 3.98. The summed E-state index contributed by atoms with van der Waals surface area (Å²) in [6, 6.07) is 11.2. The second-order valence-electron chi connectivity index (χ2n) is 7.63. The second kappa shape index (κ2) is 8.67. The minimum Gasteiger partial charge on any atom is -0.497 e. The third kappa shape index (κ3) is 3.69. The first-order chi connectivity index (χ1) is 16.5. The number of hydrazone groups is 1. The van der Waals surface area contributed by atoms with Crippen LogP contribution in [0.3, 0.4) is 0 Å². The van der Waals surface area contributed by atoms with Crippen LogP contribution in [0.5, 0.6) is 5.75 Å². The van der Waals surface area contributed by atoms with Crippen LogP contribution >= 0.6 is 11.3 Å². The van der Waals surface area contributed by atoms with E-state index in [2.05, 4.69) is 9.97 Å². The van der Waals surface area contributed by atoms with Crippen LogP contribution in [-0.4, -0.2) is 27.4 Å². The van der Waals surface area contributed by atoms with E-state index in [0.717, 1.165) is 22.8 Å². The molecule has 0 spiro atoms. The average Bonchev–Trinajstić information content (AvgIpc) is 3.59. The van der Waals surface area contributed by atoms with Gasteiger partial charge in [0.15, 0.2) is 0 Å². The Hall–Kier alpha value is -4.12. The maximum absolute atomic E-state index is 12.5. The van der Waals surface area contributed by atoms with E-state index in [9.17, 15) is 9.59 Å². The van der Waals surface area contributed by atoms with E-state index >= 15 is 0 Å². The normalized spacial score (nSPS) is 15.5. The molecule has 10 nitrogen and oxygen atoms in total. The van der Waals surface area contributed by atoms with Crippen LogP contribution in [0, 0.1) is 0 Å². The number of aromatic amines is 1. The first-order valence-electron chi connectivity index (χ1n) is 10.6. The summed E-state index contributed by atoms with van der Waals surface area (Å²) in [5.74, 6) is 1.60. The maximum atomic E-state index is 12.5. The van der Waals surface area contributed by atoms with Gasteiger partial charge in [0.25, 0.3) is 5.56 Å². The molecule has 0 fully saturated rings. The van der Waals surface area contributed by atoms with Crippen molar-refractivity contribution in [1.82, 2.24) is 14.5 Å². The Labute approximate surface area is 197 Å². The van der Waals surface area contributed by atoms with Gasteiger partial charge in [-0.25, -0.2) is 14.8 Å².